The number of hydrogen-bond donors (Lipinski definition) is 1. The van der Waals surface area contributed by atoms with Crippen LogP contribution < -0.4 is 10.1 Å². The molecule has 1 atom stereocenters. The minimum Gasteiger partial charge on any atom is -0.497 e. The number of hydrogen-bond acceptors (Lipinski definition) is 3. The summed E-state index contributed by atoms with van der Waals surface area (Å²) in [7, 11) is 5.73. The molecule has 4 nitrogen and oxygen atoms in total. The van der Waals surface area contributed by atoms with Gasteiger partial charge in [-0.1, -0.05) is 30.3 Å². The zero-order chi connectivity index (χ0) is 19.2. The van der Waals surface area contributed by atoms with Crippen molar-refractivity contribution in [2.75, 3.05) is 27.7 Å². The number of likely N-dealkylation sites (N-methyl/N-ethyl adjacent to an activating group) is 1. The van der Waals surface area contributed by atoms with E-state index in [0.717, 1.165) is 23.3 Å². The Morgan fingerprint density at radius 3 is 2.63 bits per heavy atom. The molecule has 1 aliphatic carbocycles. The van der Waals surface area contributed by atoms with E-state index in [1.807, 2.05) is 32.3 Å². The van der Waals surface area contributed by atoms with Crippen LogP contribution >= 0.6 is 0 Å². The molecule has 2 aromatic carbocycles. The van der Waals surface area contributed by atoms with Crippen LogP contribution in [0.5, 0.6) is 5.75 Å². The summed E-state index contributed by atoms with van der Waals surface area (Å²) in [5, 5.41) is 3.11. The monoisotopic (exact) mass is 366 g/mol. The molecule has 1 amide bonds. The lowest BCUT2D eigenvalue weighted by atomic mass is 9.90. The summed E-state index contributed by atoms with van der Waals surface area (Å²) in [5.41, 5.74) is 5.12. The van der Waals surface area contributed by atoms with Gasteiger partial charge in [0.2, 0.25) is 5.91 Å². The van der Waals surface area contributed by atoms with Gasteiger partial charge < -0.3 is 15.0 Å². The normalized spacial score (nSPS) is 14.5. The summed E-state index contributed by atoms with van der Waals surface area (Å²) in [6, 6.07) is 14.7. The van der Waals surface area contributed by atoms with Gasteiger partial charge in [0.1, 0.15) is 5.75 Å². The molecule has 0 saturated heterocycles. The van der Waals surface area contributed by atoms with E-state index in [1.165, 1.54) is 30.4 Å². The number of nitrogens with zero attached hydrogens (tertiary/aromatic N) is 1. The lowest BCUT2D eigenvalue weighted by Gasteiger charge is -2.25. The van der Waals surface area contributed by atoms with Crippen molar-refractivity contribution in [3.05, 3.63) is 64.7 Å². The highest BCUT2D eigenvalue weighted by Gasteiger charge is 2.17. The molecule has 3 rings (SSSR count). The molecule has 1 aliphatic rings. The number of amides is 1. The SMILES string of the molecule is COc1cccc(C(CNC(=O)Cc2ccc3c(c2)CCCC3)N(C)C)c1. The number of benzene rings is 2. The molecule has 0 spiro atoms. The van der Waals surface area contributed by atoms with E-state index in [4.69, 9.17) is 4.74 Å². The summed E-state index contributed by atoms with van der Waals surface area (Å²) in [6.45, 7) is 0.573. The number of carbonyl (C=O) groups is 1. The van der Waals surface area contributed by atoms with Gasteiger partial charge in [-0.2, -0.15) is 0 Å². The predicted molar refractivity (Wildman–Crippen MR) is 109 cm³/mol. The number of nitrogens with one attached hydrogen (secondary N) is 1. The third-order valence-electron chi connectivity index (χ3n) is 5.37. The minimum absolute atomic E-state index is 0.0699. The summed E-state index contributed by atoms with van der Waals surface area (Å²) in [6.07, 6.45) is 5.29. The van der Waals surface area contributed by atoms with Crippen LogP contribution in [0.15, 0.2) is 42.5 Å². The Bertz CT molecular complexity index is 786. The number of aryl methyl sites for hydroxylation is 2. The quantitative estimate of drug-likeness (QED) is 0.815. The standard InChI is InChI=1S/C23H30N2O2/c1-25(2)22(20-9-6-10-21(15-20)27-3)16-24-23(26)14-17-11-12-18-7-4-5-8-19(18)13-17/h6,9-13,15,22H,4-5,7-8,14,16H2,1-3H3,(H,24,26). The fraction of sp³-hybridized carbons (Fsp3) is 0.435. The van der Waals surface area contributed by atoms with E-state index in [2.05, 4.69) is 34.5 Å². The Morgan fingerprint density at radius 1 is 1.11 bits per heavy atom. The van der Waals surface area contributed by atoms with Crippen molar-refractivity contribution in [1.82, 2.24) is 10.2 Å². The summed E-state index contributed by atoms with van der Waals surface area (Å²) in [4.78, 5) is 14.6. The minimum atomic E-state index is 0.0699. The van der Waals surface area contributed by atoms with Gasteiger partial charge in [0.05, 0.1) is 19.6 Å². The van der Waals surface area contributed by atoms with Crippen LogP contribution in [-0.4, -0.2) is 38.6 Å². The van der Waals surface area contributed by atoms with Crippen LogP contribution in [0.1, 0.15) is 41.1 Å². The molecule has 27 heavy (non-hydrogen) atoms. The molecule has 0 heterocycles. The van der Waals surface area contributed by atoms with Crippen molar-refractivity contribution in [2.24, 2.45) is 0 Å². The van der Waals surface area contributed by atoms with Crippen LogP contribution in [0, 0.1) is 0 Å². The first kappa shape index (κ1) is 19.4. The average molecular weight is 367 g/mol. The predicted octanol–water partition coefficient (Wildman–Crippen LogP) is 3.54. The zero-order valence-electron chi connectivity index (χ0n) is 16.6. The lowest BCUT2D eigenvalue weighted by Crippen LogP contribution is -2.35. The molecule has 144 valence electrons. The molecule has 0 aromatic heterocycles. The Morgan fingerprint density at radius 2 is 1.89 bits per heavy atom. The van der Waals surface area contributed by atoms with Crippen molar-refractivity contribution >= 4 is 5.91 Å². The van der Waals surface area contributed by atoms with E-state index < -0.39 is 0 Å². The number of rotatable bonds is 7. The van der Waals surface area contributed by atoms with E-state index >= 15 is 0 Å². The highest BCUT2D eigenvalue weighted by atomic mass is 16.5. The van der Waals surface area contributed by atoms with Crippen molar-refractivity contribution in [3.8, 4) is 5.75 Å². The maximum atomic E-state index is 12.5. The number of fused-ring (bicyclic) bond motifs is 1. The molecular weight excluding hydrogens is 336 g/mol. The number of carbonyl (C=O) groups excluding carboxylic acids is 1. The first-order valence-corrected chi connectivity index (χ1v) is 9.74. The largest absolute Gasteiger partial charge is 0.497 e. The van der Waals surface area contributed by atoms with Crippen LogP contribution in [0.4, 0.5) is 0 Å². The van der Waals surface area contributed by atoms with Crippen LogP contribution in [-0.2, 0) is 24.1 Å². The maximum Gasteiger partial charge on any atom is 0.224 e. The molecule has 2 aromatic rings. The van der Waals surface area contributed by atoms with Crippen molar-refractivity contribution in [3.63, 3.8) is 0 Å². The van der Waals surface area contributed by atoms with Gasteiger partial charge in [-0.05, 0) is 74.2 Å². The first-order chi connectivity index (χ1) is 13.1. The summed E-state index contributed by atoms with van der Waals surface area (Å²) in [5.74, 6) is 0.903. The summed E-state index contributed by atoms with van der Waals surface area (Å²) >= 11 is 0. The Kier molecular flexibility index (Phi) is 6.51. The third-order valence-corrected chi connectivity index (χ3v) is 5.37. The van der Waals surface area contributed by atoms with Crippen LogP contribution in [0.25, 0.3) is 0 Å². The molecular formula is C23H30N2O2. The highest BCUT2D eigenvalue weighted by Crippen LogP contribution is 2.23. The van der Waals surface area contributed by atoms with Gasteiger partial charge in [-0.15, -0.1) is 0 Å². The van der Waals surface area contributed by atoms with E-state index in [0.29, 0.717) is 13.0 Å². The molecule has 0 radical (unpaired) electrons. The van der Waals surface area contributed by atoms with Crippen LogP contribution in [0.3, 0.4) is 0 Å². The van der Waals surface area contributed by atoms with Gasteiger partial charge >= 0.3 is 0 Å². The Balaban J connectivity index is 1.61. The maximum absolute atomic E-state index is 12.5. The van der Waals surface area contributed by atoms with E-state index in [9.17, 15) is 4.79 Å². The Hall–Kier alpha value is -2.33. The van der Waals surface area contributed by atoms with E-state index in [-0.39, 0.29) is 11.9 Å². The Labute approximate surface area is 162 Å². The van der Waals surface area contributed by atoms with E-state index in [1.54, 1.807) is 7.11 Å². The topological polar surface area (TPSA) is 41.6 Å². The smallest absolute Gasteiger partial charge is 0.224 e. The third kappa shape index (κ3) is 5.10. The highest BCUT2D eigenvalue weighted by molar-refractivity contribution is 5.78. The molecule has 0 bridgehead atoms. The van der Waals surface area contributed by atoms with Gasteiger partial charge in [-0.25, -0.2) is 0 Å². The molecule has 1 N–H and O–H groups in total. The van der Waals surface area contributed by atoms with Crippen molar-refractivity contribution < 1.29 is 9.53 Å². The van der Waals surface area contributed by atoms with Crippen molar-refractivity contribution in [2.45, 2.75) is 38.1 Å². The van der Waals surface area contributed by atoms with Gasteiger partial charge in [0.15, 0.2) is 0 Å². The van der Waals surface area contributed by atoms with Crippen LogP contribution in [0.2, 0.25) is 0 Å². The molecule has 0 aliphatic heterocycles. The second-order valence-electron chi connectivity index (χ2n) is 7.55. The second kappa shape index (κ2) is 9.05. The first-order valence-electron chi connectivity index (χ1n) is 9.74. The van der Waals surface area contributed by atoms with Gasteiger partial charge in [0, 0.05) is 6.54 Å². The molecule has 4 heteroatoms. The van der Waals surface area contributed by atoms with Gasteiger partial charge in [-0.3, -0.25) is 4.79 Å². The van der Waals surface area contributed by atoms with Gasteiger partial charge in [0.25, 0.3) is 0 Å². The fourth-order valence-electron chi connectivity index (χ4n) is 3.80. The number of ether oxygens (including phenoxy) is 1. The molecule has 1 unspecified atom stereocenters. The molecule has 0 saturated carbocycles. The molecule has 0 fully saturated rings. The summed E-state index contributed by atoms with van der Waals surface area (Å²) < 4.78 is 5.33. The average Bonchev–Trinajstić information content (AvgIpc) is 2.68. The zero-order valence-corrected chi connectivity index (χ0v) is 16.6. The lowest BCUT2D eigenvalue weighted by molar-refractivity contribution is -0.120. The fourth-order valence-corrected chi connectivity index (χ4v) is 3.80. The number of methoxy groups -OCH3 is 1. The van der Waals surface area contributed by atoms with Crippen molar-refractivity contribution in [1.29, 1.82) is 0 Å². The second-order valence-corrected chi connectivity index (χ2v) is 7.55.